The molecular formula is C10H16N2OS. The third-order valence-electron chi connectivity index (χ3n) is 2.00. The van der Waals surface area contributed by atoms with Crippen LogP contribution in [0.4, 0.5) is 0 Å². The number of hydrogen-bond donors (Lipinski definition) is 2. The molecule has 0 fully saturated rings. The maximum absolute atomic E-state index is 11.6. The number of amides is 1. The quantitative estimate of drug-likeness (QED) is 0.779. The van der Waals surface area contributed by atoms with Crippen molar-refractivity contribution in [2.24, 2.45) is 5.73 Å². The maximum Gasteiger partial charge on any atom is 0.261 e. The SMILES string of the molecule is CCCC(CN)NC(=O)c1cccs1. The normalized spacial score (nSPS) is 12.4. The topological polar surface area (TPSA) is 55.1 Å². The van der Waals surface area contributed by atoms with Crippen LogP contribution in [0.2, 0.25) is 0 Å². The van der Waals surface area contributed by atoms with E-state index in [1.165, 1.54) is 11.3 Å². The average molecular weight is 212 g/mol. The molecule has 1 aromatic rings. The molecule has 14 heavy (non-hydrogen) atoms. The maximum atomic E-state index is 11.6. The molecule has 0 aliphatic carbocycles. The van der Waals surface area contributed by atoms with Crippen molar-refractivity contribution >= 4 is 17.2 Å². The Bertz CT molecular complexity index is 272. The van der Waals surface area contributed by atoms with E-state index < -0.39 is 0 Å². The first-order chi connectivity index (χ1) is 6.77. The summed E-state index contributed by atoms with van der Waals surface area (Å²) in [6, 6.07) is 3.80. The van der Waals surface area contributed by atoms with Gasteiger partial charge in [0.15, 0.2) is 0 Å². The molecule has 0 saturated carbocycles. The lowest BCUT2D eigenvalue weighted by atomic mass is 10.1. The minimum Gasteiger partial charge on any atom is -0.347 e. The van der Waals surface area contributed by atoms with Crippen molar-refractivity contribution < 1.29 is 4.79 Å². The van der Waals surface area contributed by atoms with Gasteiger partial charge in [-0.2, -0.15) is 0 Å². The van der Waals surface area contributed by atoms with Gasteiger partial charge in [0.2, 0.25) is 0 Å². The molecule has 0 aliphatic rings. The third-order valence-corrected chi connectivity index (χ3v) is 2.87. The van der Waals surface area contributed by atoms with Gasteiger partial charge >= 0.3 is 0 Å². The molecule has 1 rings (SSSR count). The number of rotatable bonds is 5. The van der Waals surface area contributed by atoms with Gasteiger partial charge in [0.1, 0.15) is 0 Å². The molecule has 3 N–H and O–H groups in total. The van der Waals surface area contributed by atoms with Gasteiger partial charge in [-0.1, -0.05) is 19.4 Å². The van der Waals surface area contributed by atoms with Crippen LogP contribution in [0.25, 0.3) is 0 Å². The van der Waals surface area contributed by atoms with E-state index in [0.717, 1.165) is 17.7 Å². The van der Waals surface area contributed by atoms with Crippen LogP contribution in [0.1, 0.15) is 29.4 Å². The highest BCUT2D eigenvalue weighted by Gasteiger charge is 2.11. The molecule has 1 unspecified atom stereocenters. The van der Waals surface area contributed by atoms with Crippen molar-refractivity contribution in [1.82, 2.24) is 5.32 Å². The number of nitrogens with one attached hydrogen (secondary N) is 1. The molecule has 0 radical (unpaired) electrons. The van der Waals surface area contributed by atoms with Crippen molar-refractivity contribution in [3.63, 3.8) is 0 Å². The van der Waals surface area contributed by atoms with Gasteiger partial charge < -0.3 is 11.1 Å². The summed E-state index contributed by atoms with van der Waals surface area (Å²) < 4.78 is 0. The summed E-state index contributed by atoms with van der Waals surface area (Å²) in [7, 11) is 0. The fraction of sp³-hybridized carbons (Fsp3) is 0.500. The fourth-order valence-corrected chi connectivity index (χ4v) is 1.89. The summed E-state index contributed by atoms with van der Waals surface area (Å²) in [6.07, 6.45) is 1.97. The van der Waals surface area contributed by atoms with Crippen LogP contribution in [-0.4, -0.2) is 18.5 Å². The average Bonchev–Trinajstić information content (AvgIpc) is 2.69. The van der Waals surface area contributed by atoms with Crippen LogP contribution < -0.4 is 11.1 Å². The standard InChI is InChI=1S/C10H16N2OS/c1-2-4-8(7-11)12-10(13)9-5-3-6-14-9/h3,5-6,8H,2,4,7,11H2,1H3,(H,12,13). The summed E-state index contributed by atoms with van der Waals surface area (Å²) >= 11 is 1.45. The molecule has 0 bridgehead atoms. The molecule has 0 saturated heterocycles. The first kappa shape index (κ1) is 11.2. The number of nitrogens with two attached hydrogens (primary N) is 1. The van der Waals surface area contributed by atoms with E-state index in [1.807, 2.05) is 17.5 Å². The summed E-state index contributed by atoms with van der Waals surface area (Å²) in [4.78, 5) is 12.3. The molecule has 4 heteroatoms. The largest absolute Gasteiger partial charge is 0.347 e. The fourth-order valence-electron chi connectivity index (χ4n) is 1.26. The van der Waals surface area contributed by atoms with Crippen molar-refractivity contribution in [3.05, 3.63) is 22.4 Å². The Hall–Kier alpha value is -0.870. The Balaban J connectivity index is 2.47. The zero-order valence-electron chi connectivity index (χ0n) is 8.32. The zero-order chi connectivity index (χ0) is 10.4. The monoisotopic (exact) mass is 212 g/mol. The van der Waals surface area contributed by atoms with Gasteiger partial charge in [-0.25, -0.2) is 0 Å². The van der Waals surface area contributed by atoms with E-state index in [0.29, 0.717) is 6.54 Å². The van der Waals surface area contributed by atoms with Gasteiger partial charge in [-0.05, 0) is 17.9 Å². The highest BCUT2D eigenvalue weighted by Crippen LogP contribution is 2.08. The Labute approximate surface area is 88.3 Å². The van der Waals surface area contributed by atoms with E-state index >= 15 is 0 Å². The van der Waals surface area contributed by atoms with Crippen LogP contribution in [0.3, 0.4) is 0 Å². The molecular weight excluding hydrogens is 196 g/mol. The lowest BCUT2D eigenvalue weighted by molar-refractivity contribution is 0.0940. The van der Waals surface area contributed by atoms with Gasteiger partial charge in [-0.3, -0.25) is 4.79 Å². The van der Waals surface area contributed by atoms with Crippen LogP contribution in [0, 0.1) is 0 Å². The predicted molar refractivity (Wildman–Crippen MR) is 59.5 cm³/mol. The minimum absolute atomic E-state index is 0.0103. The van der Waals surface area contributed by atoms with E-state index in [1.54, 1.807) is 0 Å². The predicted octanol–water partition coefficient (Wildman–Crippen LogP) is 1.61. The summed E-state index contributed by atoms with van der Waals surface area (Å²) in [5, 5.41) is 4.81. The molecule has 1 heterocycles. The highest BCUT2D eigenvalue weighted by atomic mass is 32.1. The van der Waals surface area contributed by atoms with Crippen molar-refractivity contribution in [2.45, 2.75) is 25.8 Å². The molecule has 0 aliphatic heterocycles. The molecule has 3 nitrogen and oxygen atoms in total. The number of thiophene rings is 1. The van der Waals surface area contributed by atoms with Gasteiger partial charge in [0, 0.05) is 12.6 Å². The van der Waals surface area contributed by atoms with Crippen LogP contribution in [0.15, 0.2) is 17.5 Å². The molecule has 1 aromatic heterocycles. The Morgan fingerprint density at radius 1 is 1.71 bits per heavy atom. The van der Waals surface area contributed by atoms with E-state index in [2.05, 4.69) is 12.2 Å². The number of carbonyl (C=O) groups excluding carboxylic acids is 1. The van der Waals surface area contributed by atoms with Gasteiger partial charge in [-0.15, -0.1) is 11.3 Å². The van der Waals surface area contributed by atoms with Gasteiger partial charge in [0.05, 0.1) is 4.88 Å². The van der Waals surface area contributed by atoms with Crippen LogP contribution in [-0.2, 0) is 0 Å². The number of hydrogen-bond acceptors (Lipinski definition) is 3. The summed E-state index contributed by atoms with van der Waals surface area (Å²) in [5.41, 5.74) is 5.55. The molecule has 0 spiro atoms. The first-order valence-corrected chi connectivity index (χ1v) is 5.70. The molecule has 1 atom stereocenters. The Morgan fingerprint density at radius 3 is 3.00 bits per heavy atom. The van der Waals surface area contributed by atoms with Crippen LogP contribution >= 0.6 is 11.3 Å². The Kier molecular flexibility index (Phi) is 4.62. The number of carbonyl (C=O) groups is 1. The smallest absolute Gasteiger partial charge is 0.261 e. The minimum atomic E-state index is -0.0103. The van der Waals surface area contributed by atoms with Gasteiger partial charge in [0.25, 0.3) is 5.91 Å². The van der Waals surface area contributed by atoms with Crippen molar-refractivity contribution in [1.29, 1.82) is 0 Å². The van der Waals surface area contributed by atoms with E-state index in [9.17, 15) is 4.79 Å². The van der Waals surface area contributed by atoms with Crippen molar-refractivity contribution in [3.8, 4) is 0 Å². The Morgan fingerprint density at radius 2 is 2.50 bits per heavy atom. The van der Waals surface area contributed by atoms with Crippen LogP contribution in [0.5, 0.6) is 0 Å². The molecule has 1 amide bonds. The van der Waals surface area contributed by atoms with E-state index in [4.69, 9.17) is 5.73 Å². The summed E-state index contributed by atoms with van der Waals surface area (Å²) in [6.45, 7) is 2.59. The highest BCUT2D eigenvalue weighted by molar-refractivity contribution is 7.12. The molecule has 78 valence electrons. The second-order valence-electron chi connectivity index (χ2n) is 3.17. The van der Waals surface area contributed by atoms with Crippen molar-refractivity contribution in [2.75, 3.05) is 6.54 Å². The summed E-state index contributed by atoms with van der Waals surface area (Å²) in [5.74, 6) is -0.0103. The lowest BCUT2D eigenvalue weighted by Gasteiger charge is -2.14. The third kappa shape index (κ3) is 3.12. The first-order valence-electron chi connectivity index (χ1n) is 4.82. The zero-order valence-corrected chi connectivity index (χ0v) is 9.14. The van der Waals surface area contributed by atoms with E-state index in [-0.39, 0.29) is 11.9 Å². The lowest BCUT2D eigenvalue weighted by Crippen LogP contribution is -2.39. The second-order valence-corrected chi connectivity index (χ2v) is 4.12. The second kappa shape index (κ2) is 5.78. The molecule has 0 aromatic carbocycles.